The normalized spacial score (nSPS) is 18.6. The summed E-state index contributed by atoms with van der Waals surface area (Å²) in [5, 5.41) is 0.784. The van der Waals surface area contributed by atoms with E-state index in [1.165, 1.54) is 11.1 Å². The van der Waals surface area contributed by atoms with E-state index < -0.39 is 0 Å². The average molecular weight is 324 g/mol. The van der Waals surface area contributed by atoms with Crippen molar-refractivity contribution in [3.63, 3.8) is 0 Å². The van der Waals surface area contributed by atoms with Crippen LogP contribution in [0.5, 0.6) is 0 Å². The topological polar surface area (TPSA) is 3.24 Å². The van der Waals surface area contributed by atoms with Crippen molar-refractivity contribution in [2.75, 3.05) is 6.54 Å². The van der Waals surface area contributed by atoms with Crippen LogP contribution in [0.3, 0.4) is 0 Å². The quantitative estimate of drug-likeness (QED) is 0.672. The zero-order valence-corrected chi connectivity index (χ0v) is 14.2. The Kier molecular flexibility index (Phi) is 5.32. The molecular weight excluding hydrogens is 302 g/mol. The first kappa shape index (κ1) is 16.0. The summed E-state index contributed by atoms with van der Waals surface area (Å²) >= 11 is 6.06. The van der Waals surface area contributed by atoms with Crippen LogP contribution in [0.1, 0.15) is 23.1 Å². The minimum atomic E-state index is 0.431. The van der Waals surface area contributed by atoms with Crippen molar-refractivity contribution in [2.24, 2.45) is 0 Å². The SMILES string of the molecule is Cc1ccc(CN2CC=CCC2C=Cc2cccc(Cl)c2)cc1. The fourth-order valence-electron chi connectivity index (χ4n) is 2.87. The van der Waals surface area contributed by atoms with Crippen molar-refractivity contribution < 1.29 is 0 Å². The van der Waals surface area contributed by atoms with Gasteiger partial charge in [-0.3, -0.25) is 4.90 Å². The lowest BCUT2D eigenvalue weighted by atomic mass is 10.0. The molecule has 118 valence electrons. The Morgan fingerprint density at radius 3 is 2.74 bits per heavy atom. The molecule has 0 bridgehead atoms. The Bertz CT molecular complexity index is 700. The molecule has 1 heterocycles. The van der Waals surface area contributed by atoms with Gasteiger partial charge >= 0.3 is 0 Å². The van der Waals surface area contributed by atoms with E-state index in [2.05, 4.69) is 66.5 Å². The lowest BCUT2D eigenvalue weighted by molar-refractivity contribution is 0.236. The van der Waals surface area contributed by atoms with E-state index in [-0.39, 0.29) is 0 Å². The second kappa shape index (κ2) is 7.63. The summed E-state index contributed by atoms with van der Waals surface area (Å²) in [7, 11) is 0. The van der Waals surface area contributed by atoms with Crippen LogP contribution in [-0.2, 0) is 6.54 Å². The summed E-state index contributed by atoms with van der Waals surface area (Å²) in [4.78, 5) is 2.51. The molecule has 1 aliphatic heterocycles. The highest BCUT2D eigenvalue weighted by molar-refractivity contribution is 6.30. The van der Waals surface area contributed by atoms with E-state index in [0.29, 0.717) is 6.04 Å². The van der Waals surface area contributed by atoms with E-state index in [1.807, 2.05) is 18.2 Å². The van der Waals surface area contributed by atoms with E-state index in [4.69, 9.17) is 11.6 Å². The van der Waals surface area contributed by atoms with Crippen LogP contribution in [0.25, 0.3) is 6.08 Å². The predicted molar refractivity (Wildman–Crippen MR) is 99.6 cm³/mol. The number of benzene rings is 2. The van der Waals surface area contributed by atoms with Gasteiger partial charge in [-0.05, 0) is 36.6 Å². The standard InChI is InChI=1S/C21H22ClN/c1-17-8-10-19(11-9-17)16-23-14-3-2-7-21(23)13-12-18-5-4-6-20(22)15-18/h2-6,8-13,15,21H,7,14,16H2,1H3. The first-order chi connectivity index (χ1) is 11.2. The molecule has 1 nitrogen and oxygen atoms in total. The molecule has 1 aliphatic rings. The van der Waals surface area contributed by atoms with Crippen LogP contribution in [0.2, 0.25) is 5.02 Å². The molecule has 0 saturated heterocycles. The van der Waals surface area contributed by atoms with Crippen LogP contribution >= 0.6 is 11.6 Å². The third kappa shape index (κ3) is 4.57. The van der Waals surface area contributed by atoms with Gasteiger partial charge in [0.2, 0.25) is 0 Å². The van der Waals surface area contributed by atoms with E-state index in [0.717, 1.165) is 30.1 Å². The zero-order chi connectivity index (χ0) is 16.1. The van der Waals surface area contributed by atoms with Gasteiger partial charge in [-0.1, -0.05) is 77.9 Å². The van der Waals surface area contributed by atoms with Crippen molar-refractivity contribution in [1.29, 1.82) is 0 Å². The van der Waals surface area contributed by atoms with Gasteiger partial charge in [-0.25, -0.2) is 0 Å². The van der Waals surface area contributed by atoms with E-state index in [9.17, 15) is 0 Å². The maximum Gasteiger partial charge on any atom is 0.0411 e. The molecule has 2 aromatic rings. The fraction of sp³-hybridized carbons (Fsp3) is 0.238. The fourth-order valence-corrected chi connectivity index (χ4v) is 3.07. The Morgan fingerprint density at radius 1 is 1.13 bits per heavy atom. The Hall–Kier alpha value is -1.83. The molecule has 1 atom stereocenters. The summed E-state index contributed by atoms with van der Waals surface area (Å²) in [6.45, 7) is 4.11. The van der Waals surface area contributed by atoms with Gasteiger partial charge in [0.1, 0.15) is 0 Å². The summed E-state index contributed by atoms with van der Waals surface area (Å²) in [6, 6.07) is 17.3. The van der Waals surface area contributed by atoms with Crippen molar-refractivity contribution in [1.82, 2.24) is 4.90 Å². The molecule has 0 aliphatic carbocycles. The maximum atomic E-state index is 6.06. The molecule has 2 heteroatoms. The van der Waals surface area contributed by atoms with E-state index in [1.54, 1.807) is 0 Å². The lowest BCUT2D eigenvalue weighted by Crippen LogP contribution is -2.35. The molecule has 0 amide bonds. The van der Waals surface area contributed by atoms with Gasteiger partial charge < -0.3 is 0 Å². The summed E-state index contributed by atoms with van der Waals surface area (Å²) < 4.78 is 0. The zero-order valence-electron chi connectivity index (χ0n) is 13.5. The van der Waals surface area contributed by atoms with Crippen molar-refractivity contribution in [3.8, 4) is 0 Å². The predicted octanol–water partition coefficient (Wildman–Crippen LogP) is 5.49. The van der Waals surface area contributed by atoms with E-state index >= 15 is 0 Å². The first-order valence-electron chi connectivity index (χ1n) is 8.09. The number of halogens is 1. The highest BCUT2D eigenvalue weighted by Crippen LogP contribution is 2.19. The number of nitrogens with zero attached hydrogens (tertiary/aromatic N) is 1. The highest BCUT2D eigenvalue weighted by Gasteiger charge is 2.16. The molecule has 3 rings (SSSR count). The molecule has 1 unspecified atom stereocenters. The minimum Gasteiger partial charge on any atom is -0.289 e. The largest absolute Gasteiger partial charge is 0.289 e. The van der Waals surface area contributed by atoms with Crippen LogP contribution in [0.15, 0.2) is 66.8 Å². The van der Waals surface area contributed by atoms with Gasteiger partial charge in [0, 0.05) is 24.2 Å². The molecule has 23 heavy (non-hydrogen) atoms. The summed E-state index contributed by atoms with van der Waals surface area (Å²) in [5.74, 6) is 0. The van der Waals surface area contributed by atoms with Crippen LogP contribution in [-0.4, -0.2) is 17.5 Å². The molecule has 2 aromatic carbocycles. The minimum absolute atomic E-state index is 0.431. The highest BCUT2D eigenvalue weighted by atomic mass is 35.5. The van der Waals surface area contributed by atoms with Gasteiger partial charge in [0.05, 0.1) is 0 Å². The third-order valence-electron chi connectivity index (χ3n) is 4.22. The number of rotatable bonds is 4. The Labute approximate surface area is 143 Å². The van der Waals surface area contributed by atoms with Gasteiger partial charge in [-0.15, -0.1) is 0 Å². The van der Waals surface area contributed by atoms with Crippen LogP contribution in [0, 0.1) is 6.92 Å². The smallest absolute Gasteiger partial charge is 0.0411 e. The Morgan fingerprint density at radius 2 is 1.96 bits per heavy atom. The maximum absolute atomic E-state index is 6.06. The molecule has 0 fully saturated rings. The van der Waals surface area contributed by atoms with Crippen LogP contribution < -0.4 is 0 Å². The molecule has 0 aromatic heterocycles. The number of aryl methyl sites for hydroxylation is 1. The molecule has 0 spiro atoms. The molecule has 0 N–H and O–H groups in total. The van der Waals surface area contributed by atoms with Gasteiger partial charge in [0.15, 0.2) is 0 Å². The lowest BCUT2D eigenvalue weighted by Gasteiger charge is -2.31. The molecule has 0 radical (unpaired) electrons. The van der Waals surface area contributed by atoms with Gasteiger partial charge in [-0.2, -0.15) is 0 Å². The van der Waals surface area contributed by atoms with Crippen molar-refractivity contribution in [2.45, 2.75) is 25.9 Å². The molecular formula is C21H22ClN. The summed E-state index contributed by atoms with van der Waals surface area (Å²) in [6.07, 6.45) is 10.1. The van der Waals surface area contributed by atoms with Crippen LogP contribution in [0.4, 0.5) is 0 Å². The monoisotopic (exact) mass is 323 g/mol. The first-order valence-corrected chi connectivity index (χ1v) is 8.47. The van der Waals surface area contributed by atoms with Gasteiger partial charge in [0.25, 0.3) is 0 Å². The number of hydrogen-bond acceptors (Lipinski definition) is 1. The average Bonchev–Trinajstić information content (AvgIpc) is 2.56. The Balaban J connectivity index is 1.71. The van der Waals surface area contributed by atoms with Crippen molar-refractivity contribution >= 4 is 17.7 Å². The molecule has 0 saturated carbocycles. The van der Waals surface area contributed by atoms with Crippen molar-refractivity contribution in [3.05, 3.63) is 88.5 Å². The third-order valence-corrected chi connectivity index (χ3v) is 4.45. The second-order valence-corrected chi connectivity index (χ2v) is 6.54. The number of hydrogen-bond donors (Lipinski definition) is 0. The second-order valence-electron chi connectivity index (χ2n) is 6.10. The summed E-state index contributed by atoms with van der Waals surface area (Å²) in [5.41, 5.74) is 3.83.